The van der Waals surface area contributed by atoms with E-state index in [-0.39, 0.29) is 5.82 Å². The van der Waals surface area contributed by atoms with Gasteiger partial charge in [-0.15, -0.1) is 5.10 Å². The first kappa shape index (κ1) is 14.6. The molecule has 0 bridgehead atoms. The van der Waals surface area contributed by atoms with Crippen molar-refractivity contribution in [3.05, 3.63) is 48.0 Å². The fourth-order valence-electron chi connectivity index (χ4n) is 2.47. The molecule has 8 heteroatoms. The fraction of sp³-hybridized carbons (Fsp3) is 0.357. The average Bonchev–Trinajstić information content (AvgIpc) is 3.09. The van der Waals surface area contributed by atoms with Crippen LogP contribution in [0.4, 0.5) is 0 Å². The van der Waals surface area contributed by atoms with Gasteiger partial charge in [-0.25, -0.2) is 9.67 Å². The minimum atomic E-state index is -1.17. The number of amides is 1. The molecule has 0 radical (unpaired) electrons. The van der Waals surface area contributed by atoms with Crippen LogP contribution in [0.25, 0.3) is 0 Å². The summed E-state index contributed by atoms with van der Waals surface area (Å²) in [6, 6.07) is 9.50. The number of carbonyl (C=O) groups excluding carboxylic acids is 1. The highest BCUT2D eigenvalue weighted by Crippen LogP contribution is 2.30. The maximum atomic E-state index is 11.0. The van der Waals surface area contributed by atoms with Crippen molar-refractivity contribution in [1.29, 1.82) is 0 Å². The van der Waals surface area contributed by atoms with Crippen LogP contribution < -0.4 is 5.73 Å². The average molecular weight is 304 g/mol. The molecule has 0 unspecified atom stereocenters. The van der Waals surface area contributed by atoms with E-state index in [0.717, 1.165) is 5.56 Å². The lowest BCUT2D eigenvalue weighted by atomic mass is 10.0. The molecule has 4 atom stereocenters. The SMILES string of the molecule is NC(=O)c1ncn([C@@H]2O[C@H](Cc3ccccc3)[C@H](O)[C@H]2O)n1. The van der Waals surface area contributed by atoms with Gasteiger partial charge in [-0.3, -0.25) is 4.79 Å². The topological polar surface area (TPSA) is 123 Å². The Morgan fingerprint density at radius 1 is 1.27 bits per heavy atom. The molecule has 0 saturated carbocycles. The van der Waals surface area contributed by atoms with Gasteiger partial charge in [0.1, 0.15) is 18.5 Å². The Morgan fingerprint density at radius 2 is 2.00 bits per heavy atom. The number of nitrogens with two attached hydrogens (primary N) is 1. The summed E-state index contributed by atoms with van der Waals surface area (Å²) in [6.07, 6.45) is -2.03. The largest absolute Gasteiger partial charge is 0.388 e. The lowest BCUT2D eigenvalue weighted by Gasteiger charge is -2.14. The Labute approximate surface area is 126 Å². The minimum Gasteiger partial charge on any atom is -0.388 e. The summed E-state index contributed by atoms with van der Waals surface area (Å²) in [6.45, 7) is 0. The van der Waals surface area contributed by atoms with Crippen LogP contribution in [-0.2, 0) is 11.2 Å². The number of aliphatic hydroxyl groups excluding tert-OH is 2. The molecule has 116 valence electrons. The molecule has 22 heavy (non-hydrogen) atoms. The quantitative estimate of drug-likeness (QED) is 0.682. The van der Waals surface area contributed by atoms with Crippen molar-refractivity contribution in [1.82, 2.24) is 14.8 Å². The Balaban J connectivity index is 1.75. The predicted octanol–water partition coefficient (Wildman–Crippen LogP) is -0.761. The minimum absolute atomic E-state index is 0.170. The molecule has 3 rings (SSSR count). The molecule has 1 aromatic heterocycles. The first-order valence-electron chi connectivity index (χ1n) is 6.82. The number of aromatic nitrogens is 3. The van der Waals surface area contributed by atoms with Crippen LogP contribution in [0.1, 0.15) is 22.4 Å². The van der Waals surface area contributed by atoms with Gasteiger partial charge in [-0.2, -0.15) is 0 Å². The van der Waals surface area contributed by atoms with Gasteiger partial charge in [0.25, 0.3) is 5.91 Å². The molecule has 0 aliphatic carbocycles. The number of benzene rings is 1. The molecule has 0 spiro atoms. The van der Waals surface area contributed by atoms with Gasteiger partial charge in [0, 0.05) is 6.42 Å². The smallest absolute Gasteiger partial charge is 0.288 e. The molecule has 1 fully saturated rings. The fourth-order valence-corrected chi connectivity index (χ4v) is 2.47. The molecule has 2 aromatic rings. The summed E-state index contributed by atoms with van der Waals surface area (Å²) < 4.78 is 6.87. The van der Waals surface area contributed by atoms with Crippen LogP contribution in [0.5, 0.6) is 0 Å². The zero-order valence-corrected chi connectivity index (χ0v) is 11.6. The van der Waals surface area contributed by atoms with Crippen molar-refractivity contribution in [3.8, 4) is 0 Å². The Bertz CT molecular complexity index is 660. The molecule has 1 saturated heterocycles. The number of primary amides is 1. The van der Waals surface area contributed by atoms with Crippen molar-refractivity contribution in [2.75, 3.05) is 0 Å². The number of carbonyl (C=O) groups is 1. The second-order valence-corrected chi connectivity index (χ2v) is 5.15. The van der Waals surface area contributed by atoms with E-state index in [2.05, 4.69) is 10.1 Å². The van der Waals surface area contributed by atoms with E-state index in [1.165, 1.54) is 11.0 Å². The van der Waals surface area contributed by atoms with Gasteiger partial charge in [0.15, 0.2) is 6.23 Å². The van der Waals surface area contributed by atoms with E-state index in [1.807, 2.05) is 30.3 Å². The number of hydrogen-bond acceptors (Lipinski definition) is 6. The Morgan fingerprint density at radius 3 is 2.64 bits per heavy atom. The maximum Gasteiger partial charge on any atom is 0.288 e. The second kappa shape index (κ2) is 5.84. The third-order valence-electron chi connectivity index (χ3n) is 3.61. The second-order valence-electron chi connectivity index (χ2n) is 5.15. The standard InChI is InChI=1S/C14H16N4O4/c15-12(21)13-16-7-18(17-13)14-11(20)10(19)9(22-14)6-8-4-2-1-3-5-8/h1-5,7,9-11,14,19-20H,6H2,(H2,15,21)/t9-,10+,11-,14-/m1/s1. The molecule has 1 aliphatic rings. The van der Waals surface area contributed by atoms with E-state index in [4.69, 9.17) is 10.5 Å². The zero-order valence-electron chi connectivity index (χ0n) is 11.6. The van der Waals surface area contributed by atoms with Crippen molar-refractivity contribution in [3.63, 3.8) is 0 Å². The van der Waals surface area contributed by atoms with Crippen LogP contribution in [0.15, 0.2) is 36.7 Å². The Kier molecular flexibility index (Phi) is 3.88. The lowest BCUT2D eigenvalue weighted by Crippen LogP contribution is -2.32. The molecule has 2 heterocycles. The summed E-state index contributed by atoms with van der Waals surface area (Å²) >= 11 is 0. The van der Waals surface area contributed by atoms with E-state index in [1.54, 1.807) is 0 Å². The third kappa shape index (κ3) is 2.71. The maximum absolute atomic E-state index is 11.0. The monoisotopic (exact) mass is 304 g/mol. The van der Waals surface area contributed by atoms with Crippen molar-refractivity contribution in [2.24, 2.45) is 5.73 Å². The summed E-state index contributed by atoms with van der Waals surface area (Å²) in [5.41, 5.74) is 6.07. The number of aliphatic hydroxyl groups is 2. The molecule has 8 nitrogen and oxygen atoms in total. The summed E-state index contributed by atoms with van der Waals surface area (Å²) in [5, 5.41) is 24.1. The third-order valence-corrected chi connectivity index (χ3v) is 3.61. The van der Waals surface area contributed by atoms with Gasteiger partial charge < -0.3 is 20.7 Å². The first-order valence-corrected chi connectivity index (χ1v) is 6.82. The highest BCUT2D eigenvalue weighted by atomic mass is 16.6. The molecule has 1 amide bonds. The zero-order chi connectivity index (χ0) is 15.7. The van der Waals surface area contributed by atoms with Crippen LogP contribution in [0.2, 0.25) is 0 Å². The van der Waals surface area contributed by atoms with Gasteiger partial charge >= 0.3 is 0 Å². The normalized spacial score (nSPS) is 27.9. The molecule has 1 aromatic carbocycles. The van der Waals surface area contributed by atoms with Crippen molar-refractivity contribution < 1.29 is 19.7 Å². The van der Waals surface area contributed by atoms with Gasteiger partial charge in [-0.05, 0) is 5.56 Å². The number of nitrogens with zero attached hydrogens (tertiary/aromatic N) is 3. The molecule has 1 aliphatic heterocycles. The summed E-state index contributed by atoms with van der Waals surface area (Å²) in [7, 11) is 0. The van der Waals surface area contributed by atoms with Crippen LogP contribution >= 0.6 is 0 Å². The number of rotatable bonds is 4. The number of ether oxygens (including phenoxy) is 1. The van der Waals surface area contributed by atoms with Gasteiger partial charge in [0.05, 0.1) is 6.10 Å². The van der Waals surface area contributed by atoms with Gasteiger partial charge in [-0.1, -0.05) is 30.3 Å². The van der Waals surface area contributed by atoms with Gasteiger partial charge in [0.2, 0.25) is 5.82 Å². The number of hydrogen-bond donors (Lipinski definition) is 3. The lowest BCUT2D eigenvalue weighted by molar-refractivity contribution is -0.0442. The Hall–Kier alpha value is -2.29. The highest BCUT2D eigenvalue weighted by molar-refractivity contribution is 5.88. The summed E-state index contributed by atoms with van der Waals surface area (Å²) in [5.74, 6) is -0.940. The van der Waals surface area contributed by atoms with E-state index in [9.17, 15) is 15.0 Å². The van der Waals surface area contributed by atoms with Crippen LogP contribution in [-0.4, -0.2) is 49.2 Å². The first-order chi connectivity index (χ1) is 10.6. The van der Waals surface area contributed by atoms with Crippen molar-refractivity contribution in [2.45, 2.75) is 31.0 Å². The van der Waals surface area contributed by atoms with Crippen molar-refractivity contribution >= 4 is 5.91 Å². The van der Waals surface area contributed by atoms with Crippen LogP contribution in [0, 0.1) is 0 Å². The molecular formula is C14H16N4O4. The van der Waals surface area contributed by atoms with E-state index >= 15 is 0 Å². The molecule has 4 N–H and O–H groups in total. The van der Waals surface area contributed by atoms with Crippen LogP contribution in [0.3, 0.4) is 0 Å². The van der Waals surface area contributed by atoms with E-state index in [0.29, 0.717) is 6.42 Å². The predicted molar refractivity (Wildman–Crippen MR) is 74.6 cm³/mol. The highest BCUT2D eigenvalue weighted by Gasteiger charge is 2.44. The summed E-state index contributed by atoms with van der Waals surface area (Å²) in [4.78, 5) is 14.7. The van der Waals surface area contributed by atoms with E-state index < -0.39 is 30.4 Å². The molecular weight excluding hydrogens is 288 g/mol.